The summed E-state index contributed by atoms with van der Waals surface area (Å²) in [6.45, 7) is 11.7. The maximum Gasteiger partial charge on any atom is 3.00 e. The molecule has 0 aliphatic rings. The topological polar surface area (TPSA) is 12.9 Å². The standard InChI is InChI=1S/C19H14.C18H24NSi.Ir/c1-3-8-16(9-4-1)14-17-10-7-13-19(15-17)18-11-5-2-6-12-18;1-14(2)11-16-12-17(15-9-7-6-8-10-15)19-13-18(16)20(3,4)5;/h1-11,15H,14H2;6-9,12-14H,11H2,1-5H3;/q-2;-1;+3/i14D2;;. The summed E-state index contributed by atoms with van der Waals surface area (Å²) in [5, 5.41) is 1.49. The van der Waals surface area contributed by atoms with E-state index in [4.69, 9.17) is 2.74 Å². The van der Waals surface area contributed by atoms with Crippen molar-refractivity contribution in [3.8, 4) is 22.4 Å². The Kier molecular flexibility index (Phi) is 10.7. The molecule has 0 fully saturated rings. The molecular formula is C37H38IrNSi. The van der Waals surface area contributed by atoms with E-state index >= 15 is 0 Å². The fraction of sp³-hybridized carbons (Fsp3) is 0.216. The fourth-order valence-electron chi connectivity index (χ4n) is 4.43. The first kappa shape index (κ1) is 28.4. The van der Waals surface area contributed by atoms with Gasteiger partial charge in [0.2, 0.25) is 0 Å². The Bertz CT molecular complexity index is 1530. The molecule has 5 rings (SSSR count). The second-order valence-corrected chi connectivity index (χ2v) is 16.1. The third-order valence-corrected chi connectivity index (χ3v) is 8.34. The van der Waals surface area contributed by atoms with Gasteiger partial charge in [-0.2, -0.15) is 42.5 Å². The fourth-order valence-corrected chi connectivity index (χ4v) is 6.02. The van der Waals surface area contributed by atoms with Crippen LogP contribution < -0.4 is 5.19 Å². The van der Waals surface area contributed by atoms with Crippen molar-refractivity contribution >= 4 is 13.3 Å². The summed E-state index contributed by atoms with van der Waals surface area (Å²) < 4.78 is 16.8. The Hall–Kier alpha value is -3.10. The number of benzene rings is 4. The van der Waals surface area contributed by atoms with Gasteiger partial charge < -0.3 is 4.98 Å². The summed E-state index contributed by atoms with van der Waals surface area (Å²) in [6, 6.07) is 42.2. The molecule has 0 bridgehead atoms. The first-order chi connectivity index (χ1) is 19.6. The number of rotatable bonds is 7. The first-order valence-electron chi connectivity index (χ1n) is 14.6. The van der Waals surface area contributed by atoms with Gasteiger partial charge in [-0.15, -0.1) is 53.6 Å². The Morgan fingerprint density at radius 2 is 1.35 bits per heavy atom. The quantitative estimate of drug-likeness (QED) is 0.121. The van der Waals surface area contributed by atoms with Crippen LogP contribution in [0.25, 0.3) is 22.4 Å². The van der Waals surface area contributed by atoms with Crippen molar-refractivity contribution in [2.24, 2.45) is 5.92 Å². The van der Waals surface area contributed by atoms with Gasteiger partial charge in [-0.05, 0) is 35.2 Å². The van der Waals surface area contributed by atoms with Crippen molar-refractivity contribution in [1.82, 2.24) is 4.98 Å². The molecule has 40 heavy (non-hydrogen) atoms. The monoisotopic (exact) mass is 719 g/mol. The van der Waals surface area contributed by atoms with E-state index in [0.29, 0.717) is 17.0 Å². The average Bonchev–Trinajstić information content (AvgIpc) is 2.98. The maximum absolute atomic E-state index is 8.41. The number of hydrogen-bond acceptors (Lipinski definition) is 1. The zero-order chi connectivity index (χ0) is 29.5. The summed E-state index contributed by atoms with van der Waals surface area (Å²) in [4.78, 5) is 4.69. The van der Waals surface area contributed by atoms with Crippen molar-refractivity contribution in [1.29, 1.82) is 0 Å². The third-order valence-electron chi connectivity index (χ3n) is 6.27. The van der Waals surface area contributed by atoms with Crippen molar-refractivity contribution in [3.63, 3.8) is 0 Å². The van der Waals surface area contributed by atoms with E-state index in [9.17, 15) is 0 Å². The van der Waals surface area contributed by atoms with Crippen LogP contribution in [0.2, 0.25) is 19.6 Å². The Labute approximate surface area is 258 Å². The van der Waals surface area contributed by atoms with Crippen LogP contribution in [0.3, 0.4) is 0 Å². The maximum atomic E-state index is 8.41. The van der Waals surface area contributed by atoms with Gasteiger partial charge in [0.05, 0.1) is 8.07 Å². The van der Waals surface area contributed by atoms with Gasteiger partial charge in [0.25, 0.3) is 0 Å². The predicted octanol–water partition coefficient (Wildman–Crippen LogP) is 8.83. The average molecular weight is 719 g/mol. The van der Waals surface area contributed by atoms with Gasteiger partial charge in [-0.3, -0.25) is 0 Å². The number of nitrogens with zero attached hydrogens (tertiary/aromatic N) is 1. The summed E-state index contributed by atoms with van der Waals surface area (Å²) in [5.41, 5.74) is 6.65. The van der Waals surface area contributed by atoms with Crippen LogP contribution in [-0.4, -0.2) is 13.1 Å². The molecule has 1 nitrogen and oxygen atoms in total. The van der Waals surface area contributed by atoms with Gasteiger partial charge in [0.15, 0.2) is 0 Å². The third kappa shape index (κ3) is 9.23. The molecule has 0 radical (unpaired) electrons. The van der Waals surface area contributed by atoms with Crippen LogP contribution in [0.5, 0.6) is 0 Å². The molecule has 1 heterocycles. The van der Waals surface area contributed by atoms with Crippen molar-refractivity contribution in [3.05, 3.63) is 144 Å². The van der Waals surface area contributed by atoms with Gasteiger partial charge in [-0.25, -0.2) is 11.1 Å². The molecule has 0 atom stereocenters. The van der Waals surface area contributed by atoms with Crippen LogP contribution in [-0.2, 0) is 32.9 Å². The second kappa shape index (κ2) is 15.0. The van der Waals surface area contributed by atoms with Crippen molar-refractivity contribution < 1.29 is 22.8 Å². The molecule has 0 aliphatic heterocycles. The largest absolute Gasteiger partial charge is 3.00 e. The molecule has 0 aliphatic carbocycles. The molecule has 0 unspecified atom stereocenters. The first-order valence-corrected chi connectivity index (χ1v) is 17.1. The van der Waals surface area contributed by atoms with E-state index in [1.807, 2.05) is 78.9 Å². The molecule has 4 aromatic carbocycles. The summed E-state index contributed by atoms with van der Waals surface area (Å²) in [5.74, 6) is 0.667. The summed E-state index contributed by atoms with van der Waals surface area (Å²) in [6.07, 6.45) is 1.71. The Balaban J connectivity index is 0.000000225. The van der Waals surface area contributed by atoms with Gasteiger partial charge in [0, 0.05) is 8.94 Å². The molecule has 0 amide bonds. The molecule has 0 saturated heterocycles. The molecule has 0 N–H and O–H groups in total. The Morgan fingerprint density at radius 1 is 0.725 bits per heavy atom. The Morgan fingerprint density at radius 3 is 1.95 bits per heavy atom. The number of hydrogen-bond donors (Lipinski definition) is 0. The minimum Gasteiger partial charge on any atom is -0.305 e. The molecule has 3 heteroatoms. The number of aromatic nitrogens is 1. The van der Waals surface area contributed by atoms with Crippen LogP contribution in [0.15, 0.2) is 109 Å². The van der Waals surface area contributed by atoms with Crippen LogP contribution >= 0.6 is 0 Å². The zero-order valence-corrected chi connectivity index (χ0v) is 27.4. The minimum absolute atomic E-state index is 0. The summed E-state index contributed by atoms with van der Waals surface area (Å²) in [7, 11) is -1.34. The molecule has 5 aromatic rings. The van der Waals surface area contributed by atoms with E-state index in [-0.39, 0.29) is 20.1 Å². The van der Waals surface area contributed by atoms with E-state index in [1.54, 1.807) is 12.1 Å². The molecular weight excluding hydrogens is 679 g/mol. The van der Waals surface area contributed by atoms with Crippen LogP contribution in [0.4, 0.5) is 0 Å². The van der Waals surface area contributed by atoms with E-state index < -0.39 is 14.4 Å². The van der Waals surface area contributed by atoms with E-state index in [2.05, 4.69) is 75.0 Å². The SMILES string of the molecule is CC(C)Cc1cc(-c2[c-]cccc2)ncc1[Si](C)(C)C.[2H]C([2H])(c1ccccc1)c1cc[c-]c(-c2[c-]cccc2)c1.[Ir+3]. The van der Waals surface area contributed by atoms with Crippen molar-refractivity contribution in [2.45, 2.75) is 46.3 Å². The van der Waals surface area contributed by atoms with E-state index in [1.165, 1.54) is 10.8 Å². The summed E-state index contributed by atoms with van der Waals surface area (Å²) >= 11 is 0. The van der Waals surface area contributed by atoms with Crippen LogP contribution in [0.1, 0.15) is 33.3 Å². The molecule has 1 aromatic heterocycles. The normalized spacial score (nSPS) is 11.9. The van der Waals surface area contributed by atoms with Gasteiger partial charge in [0.1, 0.15) is 0 Å². The zero-order valence-electron chi connectivity index (χ0n) is 26.0. The smallest absolute Gasteiger partial charge is 0.305 e. The minimum atomic E-state index is -1.53. The van der Waals surface area contributed by atoms with Crippen molar-refractivity contribution in [2.75, 3.05) is 0 Å². The predicted molar refractivity (Wildman–Crippen MR) is 169 cm³/mol. The van der Waals surface area contributed by atoms with Crippen LogP contribution in [0, 0.1) is 24.1 Å². The van der Waals surface area contributed by atoms with E-state index in [0.717, 1.165) is 28.8 Å². The number of pyridine rings is 1. The second-order valence-electron chi connectivity index (χ2n) is 11.1. The van der Waals surface area contributed by atoms with Gasteiger partial charge in [-0.1, -0.05) is 75.5 Å². The molecule has 0 saturated carbocycles. The molecule has 0 spiro atoms. The van der Waals surface area contributed by atoms with Gasteiger partial charge >= 0.3 is 20.1 Å². The molecule has 204 valence electrons.